The minimum atomic E-state index is -0.998. The molecule has 1 saturated carbocycles. The van der Waals surface area contributed by atoms with Gasteiger partial charge in [-0.3, -0.25) is 0 Å². The van der Waals surface area contributed by atoms with Crippen molar-refractivity contribution in [3.63, 3.8) is 0 Å². The number of hydrogen-bond acceptors (Lipinski definition) is 2. The molecule has 2 atom stereocenters. The molecule has 2 rings (SSSR count). The summed E-state index contributed by atoms with van der Waals surface area (Å²) in [5, 5.41) is 10.2. The molecule has 2 fully saturated rings. The van der Waals surface area contributed by atoms with Crippen molar-refractivity contribution < 1.29 is 61.3 Å². The maximum atomic E-state index is 10.2. The largest absolute Gasteiger partial charge is 1.00 e. The number of amides is 1. The Labute approximate surface area is 102 Å². The molecule has 0 aromatic heterocycles. The van der Waals surface area contributed by atoms with E-state index in [1.807, 2.05) is 0 Å². The van der Waals surface area contributed by atoms with E-state index in [-0.39, 0.29) is 51.4 Å². The number of piperidine rings is 1. The van der Waals surface area contributed by atoms with Crippen molar-refractivity contribution in [2.75, 3.05) is 13.1 Å². The summed E-state index contributed by atoms with van der Waals surface area (Å²) in [5.41, 5.74) is 0. The van der Waals surface area contributed by atoms with Gasteiger partial charge in [0.2, 0.25) is 0 Å². The maximum absolute atomic E-state index is 10.2. The summed E-state index contributed by atoms with van der Waals surface area (Å²) in [4.78, 5) is 11.6. The Morgan fingerprint density at radius 1 is 1.40 bits per heavy atom. The van der Waals surface area contributed by atoms with Crippen molar-refractivity contribution in [1.82, 2.24) is 4.90 Å². The second kappa shape index (κ2) is 3.11. The van der Waals surface area contributed by atoms with Crippen LogP contribution in [0.5, 0.6) is 0 Å². The first-order valence-electron chi connectivity index (χ1n) is 3.23. The third-order valence-electron chi connectivity index (χ3n) is 2.24. The normalized spacial score (nSPS) is 34.6. The molecule has 0 aromatic rings. The van der Waals surface area contributed by atoms with Crippen LogP contribution in [0.25, 0.3) is 0 Å². The molecule has 10 heavy (non-hydrogen) atoms. The molecule has 3 nitrogen and oxygen atoms in total. The van der Waals surface area contributed by atoms with Crippen LogP contribution in [0.3, 0.4) is 0 Å². The third kappa shape index (κ3) is 1.56. The number of rotatable bonds is 0. The molecule has 1 amide bonds. The molecule has 0 bridgehead atoms. The van der Waals surface area contributed by atoms with E-state index in [9.17, 15) is 9.90 Å². The molecule has 1 aliphatic heterocycles. The molecule has 1 heterocycles. The molecule has 2 aliphatic rings. The van der Waals surface area contributed by atoms with E-state index in [1.165, 1.54) is 11.3 Å². The molecule has 0 spiro atoms. The molecule has 50 valence electrons. The first-order valence-corrected chi connectivity index (χ1v) is 3.23. The average molecular weight is 165 g/mol. The molecule has 0 N–H and O–H groups in total. The average Bonchev–Trinajstić information content (AvgIpc) is 2.40. The van der Waals surface area contributed by atoms with Crippen molar-refractivity contribution >= 4 is 6.09 Å². The van der Waals surface area contributed by atoms with Crippen molar-refractivity contribution in [1.29, 1.82) is 0 Å². The number of carboxylic acid groups (broad SMARTS) is 1. The first kappa shape index (κ1) is 9.00. The van der Waals surface area contributed by atoms with Gasteiger partial charge in [-0.25, -0.2) is 0 Å². The van der Waals surface area contributed by atoms with Crippen LogP contribution in [0.4, 0.5) is 4.79 Å². The number of carbonyl (C=O) groups is 1. The first-order chi connectivity index (χ1) is 4.27. The third-order valence-corrected chi connectivity index (χ3v) is 2.24. The van der Waals surface area contributed by atoms with E-state index in [2.05, 4.69) is 0 Å². The number of likely N-dealkylation sites (tertiary alicyclic amines) is 1. The molecular weight excluding hydrogens is 157 g/mol. The van der Waals surface area contributed by atoms with Gasteiger partial charge in [-0.1, -0.05) is 0 Å². The van der Waals surface area contributed by atoms with Crippen molar-refractivity contribution in [2.24, 2.45) is 11.8 Å². The molecule has 4 heteroatoms. The van der Waals surface area contributed by atoms with E-state index >= 15 is 0 Å². The zero-order chi connectivity index (χ0) is 6.43. The fraction of sp³-hybridized carbons (Fsp3) is 0.833. The minimum Gasteiger partial charge on any atom is -0.530 e. The summed E-state index contributed by atoms with van der Waals surface area (Å²) in [5.74, 6) is 1.37. The van der Waals surface area contributed by atoms with Gasteiger partial charge >= 0.3 is 51.4 Å². The smallest absolute Gasteiger partial charge is 0.530 e. The summed E-state index contributed by atoms with van der Waals surface area (Å²) in [7, 11) is 0. The summed E-state index contributed by atoms with van der Waals surface area (Å²) >= 11 is 0. The maximum Gasteiger partial charge on any atom is 1.00 e. The van der Waals surface area contributed by atoms with Gasteiger partial charge in [0.1, 0.15) is 6.09 Å². The SMILES string of the molecule is O=C([O-])N1CC2CC2C1.[K+]. The minimum absolute atomic E-state index is 0. The van der Waals surface area contributed by atoms with E-state index in [0.717, 1.165) is 13.1 Å². The molecule has 0 aromatic carbocycles. The second-order valence-electron chi connectivity index (χ2n) is 2.93. The molecular formula is C6H8KNO2. The van der Waals surface area contributed by atoms with Gasteiger partial charge in [0.05, 0.1) is 0 Å². The predicted octanol–water partition coefficient (Wildman–Crippen LogP) is -3.71. The zero-order valence-electron chi connectivity index (χ0n) is 6.04. The Bertz CT molecular complexity index is 152. The summed E-state index contributed by atoms with van der Waals surface area (Å²) in [6, 6.07) is 0. The number of fused-ring (bicyclic) bond motifs is 1. The van der Waals surface area contributed by atoms with Crippen molar-refractivity contribution in [3.05, 3.63) is 0 Å². The van der Waals surface area contributed by atoms with E-state index in [4.69, 9.17) is 0 Å². The van der Waals surface area contributed by atoms with Crippen LogP contribution in [0.1, 0.15) is 6.42 Å². The summed E-state index contributed by atoms with van der Waals surface area (Å²) in [6.07, 6.45) is 0.242. The van der Waals surface area contributed by atoms with Gasteiger partial charge in [-0.15, -0.1) is 0 Å². The fourth-order valence-electron chi connectivity index (χ4n) is 1.55. The predicted molar refractivity (Wildman–Crippen MR) is 28.6 cm³/mol. The van der Waals surface area contributed by atoms with Crippen LogP contribution >= 0.6 is 0 Å². The number of carbonyl (C=O) groups excluding carboxylic acids is 1. The Morgan fingerprint density at radius 3 is 2.20 bits per heavy atom. The topological polar surface area (TPSA) is 43.4 Å². The van der Waals surface area contributed by atoms with Crippen LogP contribution in [-0.4, -0.2) is 24.1 Å². The van der Waals surface area contributed by atoms with Gasteiger partial charge in [0.25, 0.3) is 0 Å². The van der Waals surface area contributed by atoms with Crippen LogP contribution in [0, 0.1) is 11.8 Å². The zero-order valence-corrected chi connectivity index (χ0v) is 9.16. The Balaban J connectivity index is 0.000000500. The fourth-order valence-corrected chi connectivity index (χ4v) is 1.55. The van der Waals surface area contributed by atoms with Gasteiger partial charge in [-0.05, 0) is 18.3 Å². The summed E-state index contributed by atoms with van der Waals surface area (Å²) < 4.78 is 0. The van der Waals surface area contributed by atoms with Crippen molar-refractivity contribution in [3.8, 4) is 0 Å². The monoisotopic (exact) mass is 165 g/mol. The van der Waals surface area contributed by atoms with Gasteiger partial charge in [0.15, 0.2) is 0 Å². The van der Waals surface area contributed by atoms with E-state index in [1.54, 1.807) is 0 Å². The number of hydrogen-bond donors (Lipinski definition) is 0. The molecule has 1 aliphatic carbocycles. The van der Waals surface area contributed by atoms with Gasteiger partial charge in [0, 0.05) is 13.1 Å². The van der Waals surface area contributed by atoms with Gasteiger partial charge < -0.3 is 14.8 Å². The summed E-state index contributed by atoms with van der Waals surface area (Å²) in [6.45, 7) is 1.46. The van der Waals surface area contributed by atoms with Crippen LogP contribution in [0.15, 0.2) is 0 Å². The van der Waals surface area contributed by atoms with Crippen LogP contribution < -0.4 is 56.5 Å². The second-order valence-corrected chi connectivity index (χ2v) is 2.93. The van der Waals surface area contributed by atoms with E-state index in [0.29, 0.717) is 11.8 Å². The molecule has 1 saturated heterocycles. The van der Waals surface area contributed by atoms with Gasteiger partial charge in [-0.2, -0.15) is 0 Å². The quantitative estimate of drug-likeness (QED) is 0.347. The Kier molecular flexibility index (Phi) is 2.79. The Hall–Kier alpha value is 0.906. The number of nitrogens with zero attached hydrogens (tertiary/aromatic N) is 1. The van der Waals surface area contributed by atoms with E-state index < -0.39 is 6.09 Å². The molecule has 2 unspecified atom stereocenters. The molecule has 0 radical (unpaired) electrons. The van der Waals surface area contributed by atoms with Crippen LogP contribution in [-0.2, 0) is 0 Å². The van der Waals surface area contributed by atoms with Crippen LogP contribution in [0.2, 0.25) is 0 Å². The standard InChI is InChI=1S/C6H9NO2.K/c8-6(9)7-2-4-1-5(4)3-7;/h4-5H,1-3H2,(H,8,9);/q;+1/p-1. The Morgan fingerprint density at radius 2 is 1.90 bits per heavy atom. The van der Waals surface area contributed by atoms with Crippen molar-refractivity contribution in [2.45, 2.75) is 6.42 Å².